The Morgan fingerprint density at radius 2 is 1.91 bits per heavy atom. The number of urea groups is 2. The first-order valence-corrected chi connectivity index (χ1v) is 2.82. The molecule has 0 heterocycles. The molecule has 0 aromatic carbocycles. The van der Waals surface area contributed by atoms with E-state index < -0.39 is 18.8 Å². The van der Waals surface area contributed by atoms with Crippen molar-refractivity contribution in [1.29, 1.82) is 0 Å². The van der Waals surface area contributed by atoms with Crippen molar-refractivity contribution in [2.45, 2.75) is 0 Å². The van der Waals surface area contributed by atoms with Gasteiger partial charge in [-0.3, -0.25) is 0 Å². The summed E-state index contributed by atoms with van der Waals surface area (Å²) >= 11 is 0. The van der Waals surface area contributed by atoms with Crippen LogP contribution in [0.4, 0.5) is 9.59 Å². The van der Waals surface area contributed by atoms with Crippen LogP contribution in [-0.2, 0) is 0 Å². The fourth-order valence-electron chi connectivity index (χ4n) is 0.346. The highest BCUT2D eigenvalue weighted by Gasteiger charge is 1.95. The molecule has 0 aliphatic heterocycles. The van der Waals surface area contributed by atoms with Gasteiger partial charge in [0.15, 0.2) is 0 Å². The van der Waals surface area contributed by atoms with Gasteiger partial charge in [-0.1, -0.05) is 0 Å². The van der Waals surface area contributed by atoms with E-state index in [2.05, 4.69) is 16.4 Å². The second kappa shape index (κ2) is 5.30. The topological polar surface area (TPSA) is 116 Å². The molecule has 0 aliphatic rings. The van der Waals surface area contributed by atoms with Gasteiger partial charge in [0.05, 0.1) is 6.67 Å². The summed E-state index contributed by atoms with van der Waals surface area (Å²) in [6.45, 7) is -0.524. The highest BCUT2D eigenvalue weighted by molar-refractivity contribution is 5.75. The van der Waals surface area contributed by atoms with Gasteiger partial charge in [-0.15, -0.1) is 0 Å². The Balaban J connectivity index is 3.24. The Morgan fingerprint density at radius 3 is 2.36 bits per heavy atom. The van der Waals surface area contributed by atoms with Crippen molar-refractivity contribution < 1.29 is 14.7 Å². The number of rotatable bonds is 3. The third kappa shape index (κ3) is 6.38. The molecule has 4 amide bonds. The van der Waals surface area contributed by atoms with Crippen LogP contribution in [-0.4, -0.2) is 30.6 Å². The first-order chi connectivity index (χ1) is 5.16. The van der Waals surface area contributed by atoms with Gasteiger partial charge in [0, 0.05) is 0 Å². The third-order valence-electron chi connectivity index (χ3n) is 0.751. The summed E-state index contributed by atoms with van der Waals surface area (Å²) in [5.41, 5.74) is 4.68. The van der Waals surface area contributed by atoms with Gasteiger partial charge in [0.25, 0.3) is 0 Å². The zero-order valence-electron chi connectivity index (χ0n) is 5.76. The van der Waals surface area contributed by atoms with E-state index in [1.165, 1.54) is 0 Å². The highest BCUT2D eigenvalue weighted by Crippen LogP contribution is 1.59. The molecule has 0 aromatic rings. The molecule has 0 spiro atoms. The molecule has 0 fully saturated rings. The minimum absolute atomic E-state index is 0.0683. The van der Waals surface area contributed by atoms with E-state index in [1.807, 2.05) is 5.32 Å². The van der Waals surface area contributed by atoms with Gasteiger partial charge < -0.3 is 26.8 Å². The molecule has 0 radical (unpaired) electrons. The summed E-state index contributed by atoms with van der Waals surface area (Å²) in [4.78, 5) is 20.5. The number of carbonyl (C=O) groups is 2. The van der Waals surface area contributed by atoms with Crippen LogP contribution in [0.25, 0.3) is 0 Å². The van der Waals surface area contributed by atoms with Crippen molar-refractivity contribution in [2.75, 3.05) is 13.4 Å². The van der Waals surface area contributed by atoms with Crippen molar-refractivity contribution >= 4 is 12.1 Å². The molecule has 11 heavy (non-hydrogen) atoms. The SMILES string of the molecule is NC(=O)NCNC(=O)NCO. The summed E-state index contributed by atoms with van der Waals surface area (Å²) < 4.78 is 0. The van der Waals surface area contributed by atoms with Gasteiger partial charge in [0.2, 0.25) is 0 Å². The van der Waals surface area contributed by atoms with Crippen molar-refractivity contribution in [3.8, 4) is 0 Å². The van der Waals surface area contributed by atoms with Crippen molar-refractivity contribution in [2.24, 2.45) is 5.73 Å². The lowest BCUT2D eigenvalue weighted by atomic mass is 10.8. The lowest BCUT2D eigenvalue weighted by molar-refractivity contribution is 0.217. The summed E-state index contributed by atoms with van der Waals surface area (Å²) in [7, 11) is 0. The molecule has 0 aliphatic carbocycles. The fourth-order valence-corrected chi connectivity index (χ4v) is 0.346. The van der Waals surface area contributed by atoms with Gasteiger partial charge in [-0.25, -0.2) is 9.59 Å². The smallest absolute Gasteiger partial charge is 0.317 e. The van der Waals surface area contributed by atoms with E-state index in [-0.39, 0.29) is 6.67 Å². The quantitative estimate of drug-likeness (QED) is 0.305. The second-order valence-electron chi connectivity index (χ2n) is 1.56. The van der Waals surface area contributed by atoms with Gasteiger partial charge in [0.1, 0.15) is 6.73 Å². The number of nitrogens with two attached hydrogens (primary N) is 1. The summed E-state index contributed by atoms with van der Waals surface area (Å²) in [5.74, 6) is 0. The number of aliphatic hydroxyl groups excluding tert-OH is 1. The maximum Gasteiger partial charge on any atom is 0.317 e. The van der Waals surface area contributed by atoms with Crippen LogP contribution >= 0.6 is 0 Å². The van der Waals surface area contributed by atoms with E-state index in [1.54, 1.807) is 0 Å². The van der Waals surface area contributed by atoms with Crippen LogP contribution in [0, 0.1) is 0 Å². The Labute approximate surface area is 62.9 Å². The largest absolute Gasteiger partial charge is 0.376 e. The molecule has 0 aromatic heterocycles. The van der Waals surface area contributed by atoms with E-state index in [0.29, 0.717) is 0 Å². The monoisotopic (exact) mass is 162 g/mol. The van der Waals surface area contributed by atoms with E-state index in [9.17, 15) is 9.59 Å². The summed E-state index contributed by atoms with van der Waals surface area (Å²) in [5, 5.41) is 14.5. The second-order valence-corrected chi connectivity index (χ2v) is 1.56. The van der Waals surface area contributed by atoms with Crippen LogP contribution in [0.5, 0.6) is 0 Å². The number of nitrogens with one attached hydrogen (secondary N) is 3. The van der Waals surface area contributed by atoms with Crippen molar-refractivity contribution in [1.82, 2.24) is 16.0 Å². The number of amides is 4. The average molecular weight is 162 g/mol. The maximum absolute atomic E-state index is 10.5. The molecule has 0 rings (SSSR count). The van der Waals surface area contributed by atoms with E-state index in [4.69, 9.17) is 5.11 Å². The zero-order chi connectivity index (χ0) is 8.69. The third-order valence-corrected chi connectivity index (χ3v) is 0.751. The molecule has 0 atom stereocenters. The van der Waals surface area contributed by atoms with Crippen LogP contribution in [0.2, 0.25) is 0 Å². The molecule has 0 unspecified atom stereocenters. The molecule has 7 nitrogen and oxygen atoms in total. The minimum atomic E-state index is -0.728. The normalized spacial score (nSPS) is 8.45. The Bertz CT molecular complexity index is 148. The molecule has 0 saturated carbocycles. The van der Waals surface area contributed by atoms with Crippen LogP contribution in [0.3, 0.4) is 0 Å². The molecule has 0 saturated heterocycles. The van der Waals surface area contributed by atoms with Gasteiger partial charge >= 0.3 is 12.1 Å². The summed E-state index contributed by atoms with van der Waals surface area (Å²) in [6.07, 6.45) is 0. The number of hydrogen-bond donors (Lipinski definition) is 5. The Morgan fingerprint density at radius 1 is 1.27 bits per heavy atom. The number of hydrogen-bond acceptors (Lipinski definition) is 3. The molecule has 0 bridgehead atoms. The first-order valence-electron chi connectivity index (χ1n) is 2.82. The van der Waals surface area contributed by atoms with Crippen molar-refractivity contribution in [3.63, 3.8) is 0 Å². The molecular weight excluding hydrogens is 152 g/mol. The summed E-state index contributed by atoms with van der Waals surface area (Å²) in [6, 6.07) is -1.31. The molecular formula is C4H10N4O3. The van der Waals surface area contributed by atoms with Gasteiger partial charge in [-0.2, -0.15) is 0 Å². The highest BCUT2D eigenvalue weighted by atomic mass is 16.3. The lowest BCUT2D eigenvalue weighted by Gasteiger charge is -2.04. The fraction of sp³-hybridized carbons (Fsp3) is 0.500. The van der Waals surface area contributed by atoms with E-state index >= 15 is 0 Å². The predicted molar refractivity (Wildman–Crippen MR) is 36.3 cm³/mol. The zero-order valence-corrected chi connectivity index (χ0v) is 5.76. The standard InChI is InChI=1S/C4H10N4O3/c5-3(10)6-1-7-4(11)8-2-9/h9H,1-2H2,(H3,5,6,10)(H2,7,8,11). The molecule has 7 heteroatoms. The average Bonchev–Trinajstić information content (AvgIpc) is 1.87. The Kier molecular flexibility index (Phi) is 4.58. The van der Waals surface area contributed by atoms with E-state index in [0.717, 1.165) is 0 Å². The first kappa shape index (κ1) is 9.50. The maximum atomic E-state index is 10.5. The number of carbonyl (C=O) groups excluding carboxylic acids is 2. The number of primary amides is 1. The van der Waals surface area contributed by atoms with Gasteiger partial charge in [-0.05, 0) is 0 Å². The molecule has 64 valence electrons. The Hall–Kier alpha value is -1.50. The predicted octanol–water partition coefficient (Wildman–Crippen LogP) is -2.14. The van der Waals surface area contributed by atoms with Crippen LogP contribution < -0.4 is 21.7 Å². The van der Waals surface area contributed by atoms with Crippen molar-refractivity contribution in [3.05, 3.63) is 0 Å². The minimum Gasteiger partial charge on any atom is -0.376 e. The molecule has 6 N–H and O–H groups in total. The van der Waals surface area contributed by atoms with Crippen LogP contribution in [0.15, 0.2) is 0 Å². The lowest BCUT2D eigenvalue weighted by Crippen LogP contribution is -2.44. The van der Waals surface area contributed by atoms with Crippen LogP contribution in [0.1, 0.15) is 0 Å². The number of aliphatic hydroxyl groups is 1.